The van der Waals surface area contributed by atoms with Gasteiger partial charge in [-0.05, 0) is 40.8 Å². The van der Waals surface area contributed by atoms with Crippen molar-refractivity contribution in [2.75, 3.05) is 7.11 Å². The maximum atomic E-state index is 12.5. The van der Waals surface area contributed by atoms with Crippen LogP contribution in [-0.2, 0) is 10.2 Å². The van der Waals surface area contributed by atoms with Crippen LogP contribution in [0.3, 0.4) is 0 Å². The van der Waals surface area contributed by atoms with Crippen molar-refractivity contribution < 1.29 is 19.4 Å². The highest BCUT2D eigenvalue weighted by Gasteiger charge is 2.20. The molecule has 2 aromatic carbocycles. The van der Waals surface area contributed by atoms with Crippen LogP contribution in [0.25, 0.3) is 0 Å². The first kappa shape index (κ1) is 19.5. The van der Waals surface area contributed by atoms with E-state index in [1.54, 1.807) is 31.4 Å². The third-order valence-electron chi connectivity index (χ3n) is 4.22. The molecule has 0 spiro atoms. The number of hydrogen-bond acceptors (Lipinski definition) is 3. The van der Waals surface area contributed by atoms with Gasteiger partial charge in [0, 0.05) is 5.56 Å². The van der Waals surface area contributed by atoms with Crippen LogP contribution in [0.2, 0.25) is 0 Å². The number of nitrogens with one attached hydrogen (secondary N) is 1. The van der Waals surface area contributed by atoms with Gasteiger partial charge in [-0.3, -0.25) is 9.59 Å². The monoisotopic (exact) mass is 355 g/mol. The third-order valence-corrected chi connectivity index (χ3v) is 4.22. The zero-order valence-corrected chi connectivity index (χ0v) is 15.6. The smallest absolute Gasteiger partial charge is 0.305 e. The number of carbonyl (C=O) groups is 2. The normalized spacial score (nSPS) is 12.3. The van der Waals surface area contributed by atoms with Crippen LogP contribution in [0, 0.1) is 0 Å². The lowest BCUT2D eigenvalue weighted by atomic mass is 9.86. The molecule has 0 aliphatic carbocycles. The van der Waals surface area contributed by atoms with E-state index in [-0.39, 0.29) is 17.7 Å². The topological polar surface area (TPSA) is 75.6 Å². The van der Waals surface area contributed by atoms with E-state index in [1.807, 2.05) is 24.3 Å². The lowest BCUT2D eigenvalue weighted by Crippen LogP contribution is -2.30. The van der Waals surface area contributed by atoms with Crippen molar-refractivity contribution in [1.29, 1.82) is 0 Å². The summed E-state index contributed by atoms with van der Waals surface area (Å²) in [6.45, 7) is 6.34. The van der Waals surface area contributed by atoms with Gasteiger partial charge < -0.3 is 15.2 Å². The van der Waals surface area contributed by atoms with Gasteiger partial charge in [0.25, 0.3) is 5.91 Å². The van der Waals surface area contributed by atoms with E-state index < -0.39 is 12.0 Å². The molecule has 26 heavy (non-hydrogen) atoms. The maximum Gasteiger partial charge on any atom is 0.305 e. The highest BCUT2D eigenvalue weighted by molar-refractivity contribution is 5.94. The Morgan fingerprint density at radius 1 is 1.04 bits per heavy atom. The van der Waals surface area contributed by atoms with Crippen molar-refractivity contribution in [3.8, 4) is 5.75 Å². The average molecular weight is 355 g/mol. The Hall–Kier alpha value is -2.82. The van der Waals surface area contributed by atoms with Crippen molar-refractivity contribution >= 4 is 11.9 Å². The molecule has 0 saturated carbocycles. The molecule has 138 valence electrons. The van der Waals surface area contributed by atoms with E-state index in [0.29, 0.717) is 11.3 Å². The Morgan fingerprint density at radius 3 is 2.08 bits per heavy atom. The second-order valence-corrected chi connectivity index (χ2v) is 7.22. The van der Waals surface area contributed by atoms with Gasteiger partial charge in [-0.2, -0.15) is 0 Å². The lowest BCUT2D eigenvalue weighted by Gasteiger charge is -2.22. The number of amides is 1. The van der Waals surface area contributed by atoms with Crippen molar-refractivity contribution in [2.24, 2.45) is 0 Å². The SMILES string of the molecule is COc1ccc(C(=O)NC(CC(=O)O)c2ccc(C(C)(C)C)cc2)cc1. The summed E-state index contributed by atoms with van der Waals surface area (Å²) in [4.78, 5) is 23.7. The number of hydrogen-bond donors (Lipinski definition) is 2. The average Bonchev–Trinajstić information content (AvgIpc) is 2.60. The Kier molecular flexibility index (Phi) is 6.03. The molecular weight excluding hydrogens is 330 g/mol. The first-order valence-corrected chi connectivity index (χ1v) is 8.48. The molecule has 2 N–H and O–H groups in total. The Bertz CT molecular complexity index is 758. The van der Waals surface area contributed by atoms with Crippen molar-refractivity contribution in [1.82, 2.24) is 5.32 Å². The van der Waals surface area contributed by atoms with Crippen LogP contribution >= 0.6 is 0 Å². The van der Waals surface area contributed by atoms with Crippen molar-refractivity contribution in [2.45, 2.75) is 38.6 Å². The predicted octanol–water partition coefficient (Wildman–Crippen LogP) is 3.94. The van der Waals surface area contributed by atoms with Gasteiger partial charge >= 0.3 is 5.97 Å². The van der Waals surface area contributed by atoms with E-state index >= 15 is 0 Å². The Balaban J connectivity index is 2.21. The molecule has 2 rings (SSSR count). The van der Waals surface area contributed by atoms with Gasteiger partial charge in [0.15, 0.2) is 0 Å². The number of aliphatic carboxylic acids is 1. The minimum absolute atomic E-state index is 0.00711. The van der Waals surface area contributed by atoms with Gasteiger partial charge in [0.05, 0.1) is 19.6 Å². The first-order valence-electron chi connectivity index (χ1n) is 8.48. The molecule has 1 atom stereocenters. The molecule has 0 aliphatic heterocycles. The standard InChI is InChI=1S/C21H25NO4/c1-21(2,3)16-9-5-14(6-10-16)18(13-19(23)24)22-20(25)15-7-11-17(26-4)12-8-15/h5-12,18H,13H2,1-4H3,(H,22,25)(H,23,24). The van der Waals surface area contributed by atoms with Crippen LogP contribution in [0.4, 0.5) is 0 Å². The maximum absolute atomic E-state index is 12.5. The quantitative estimate of drug-likeness (QED) is 0.823. The lowest BCUT2D eigenvalue weighted by molar-refractivity contribution is -0.137. The molecule has 1 unspecified atom stereocenters. The molecule has 0 heterocycles. The van der Waals surface area contributed by atoms with E-state index in [0.717, 1.165) is 11.1 Å². The van der Waals surface area contributed by atoms with E-state index in [9.17, 15) is 14.7 Å². The van der Waals surface area contributed by atoms with Crippen LogP contribution < -0.4 is 10.1 Å². The summed E-state index contributed by atoms with van der Waals surface area (Å²) in [6, 6.07) is 13.8. The molecule has 0 saturated heterocycles. The van der Waals surface area contributed by atoms with E-state index in [2.05, 4.69) is 26.1 Å². The zero-order chi connectivity index (χ0) is 19.3. The summed E-state index contributed by atoms with van der Waals surface area (Å²) < 4.78 is 5.08. The minimum atomic E-state index is -0.968. The molecule has 0 aliphatic rings. The molecule has 0 aromatic heterocycles. The summed E-state index contributed by atoms with van der Waals surface area (Å²) in [6.07, 6.45) is -0.184. The summed E-state index contributed by atoms with van der Waals surface area (Å²) in [5.41, 5.74) is 2.37. The fourth-order valence-electron chi connectivity index (χ4n) is 2.63. The highest BCUT2D eigenvalue weighted by Crippen LogP contribution is 2.25. The largest absolute Gasteiger partial charge is 0.497 e. The van der Waals surface area contributed by atoms with Crippen molar-refractivity contribution in [3.05, 3.63) is 65.2 Å². The summed E-state index contributed by atoms with van der Waals surface area (Å²) in [5.74, 6) is -0.634. The van der Waals surface area contributed by atoms with E-state index in [4.69, 9.17) is 4.74 Å². The predicted molar refractivity (Wildman–Crippen MR) is 101 cm³/mol. The van der Waals surface area contributed by atoms with Gasteiger partial charge in [-0.25, -0.2) is 0 Å². The second-order valence-electron chi connectivity index (χ2n) is 7.22. The molecule has 1 amide bonds. The summed E-state index contributed by atoms with van der Waals surface area (Å²) in [5, 5.41) is 12.0. The summed E-state index contributed by atoms with van der Waals surface area (Å²) >= 11 is 0. The molecular formula is C21H25NO4. The van der Waals surface area contributed by atoms with Gasteiger partial charge in [-0.1, -0.05) is 45.0 Å². The number of carbonyl (C=O) groups excluding carboxylic acids is 1. The van der Waals surface area contributed by atoms with Crippen LogP contribution in [0.5, 0.6) is 5.75 Å². The molecule has 0 fully saturated rings. The fourth-order valence-corrected chi connectivity index (χ4v) is 2.63. The number of benzene rings is 2. The minimum Gasteiger partial charge on any atom is -0.497 e. The number of rotatable bonds is 6. The first-order chi connectivity index (χ1) is 12.2. The molecule has 5 heteroatoms. The molecule has 5 nitrogen and oxygen atoms in total. The number of ether oxygens (including phenoxy) is 1. The van der Waals surface area contributed by atoms with Crippen LogP contribution in [0.15, 0.2) is 48.5 Å². The number of carboxylic acid groups (broad SMARTS) is 1. The number of methoxy groups -OCH3 is 1. The van der Waals surface area contributed by atoms with Gasteiger partial charge in [0.2, 0.25) is 0 Å². The molecule has 0 bridgehead atoms. The van der Waals surface area contributed by atoms with Crippen LogP contribution in [0.1, 0.15) is 54.7 Å². The van der Waals surface area contributed by atoms with Crippen LogP contribution in [-0.4, -0.2) is 24.1 Å². The molecule has 2 aromatic rings. The summed E-state index contributed by atoms with van der Waals surface area (Å²) in [7, 11) is 1.55. The van der Waals surface area contributed by atoms with E-state index in [1.165, 1.54) is 0 Å². The van der Waals surface area contributed by atoms with Gasteiger partial charge in [0.1, 0.15) is 5.75 Å². The molecule has 0 radical (unpaired) electrons. The Morgan fingerprint density at radius 2 is 1.62 bits per heavy atom. The third kappa shape index (κ3) is 5.09. The Labute approximate surface area is 154 Å². The van der Waals surface area contributed by atoms with Crippen molar-refractivity contribution in [3.63, 3.8) is 0 Å². The van der Waals surface area contributed by atoms with Gasteiger partial charge in [-0.15, -0.1) is 0 Å². The highest BCUT2D eigenvalue weighted by atomic mass is 16.5. The zero-order valence-electron chi connectivity index (χ0n) is 15.6. The number of carboxylic acids is 1. The fraction of sp³-hybridized carbons (Fsp3) is 0.333. The second kappa shape index (κ2) is 8.04.